The molecule has 10 atom stereocenters. The number of aliphatic hydroxyl groups is 7. The minimum absolute atomic E-state index is 0.174. The summed E-state index contributed by atoms with van der Waals surface area (Å²) in [6, 6.07) is 7.84. The fourth-order valence-electron chi connectivity index (χ4n) is 3.29. The molecular formula is C19H26O12. The number of carbonyl (C=O) groups excluding carboxylic acids is 1. The van der Waals surface area contributed by atoms with Crippen LogP contribution in [0.25, 0.3) is 0 Å². The van der Waals surface area contributed by atoms with Gasteiger partial charge in [-0.15, -0.1) is 0 Å². The summed E-state index contributed by atoms with van der Waals surface area (Å²) in [7, 11) is 0. The minimum Gasteiger partial charge on any atom is -0.429 e. The van der Waals surface area contributed by atoms with Crippen LogP contribution in [-0.4, -0.2) is 116 Å². The van der Waals surface area contributed by atoms with Crippen molar-refractivity contribution in [2.75, 3.05) is 13.2 Å². The molecule has 0 radical (unpaired) electrons. The molecule has 2 aliphatic rings. The largest absolute Gasteiger partial charge is 0.429 e. The van der Waals surface area contributed by atoms with E-state index in [-0.39, 0.29) is 5.56 Å². The summed E-state index contributed by atoms with van der Waals surface area (Å²) in [4.78, 5) is 12.2. The van der Waals surface area contributed by atoms with E-state index in [0.717, 1.165) is 0 Å². The minimum atomic E-state index is -1.74. The molecule has 2 heterocycles. The fourth-order valence-corrected chi connectivity index (χ4v) is 3.29. The first-order chi connectivity index (χ1) is 14.7. The van der Waals surface area contributed by atoms with Crippen LogP contribution in [0, 0.1) is 0 Å². The zero-order chi connectivity index (χ0) is 22.7. The number of rotatable bonds is 6. The Kier molecular flexibility index (Phi) is 7.93. The first-order valence-electron chi connectivity index (χ1n) is 9.62. The fraction of sp³-hybridized carbons (Fsp3) is 0.632. The Bertz CT molecular complexity index is 715. The van der Waals surface area contributed by atoms with E-state index >= 15 is 0 Å². The van der Waals surface area contributed by atoms with Crippen molar-refractivity contribution in [1.29, 1.82) is 0 Å². The van der Waals surface area contributed by atoms with Crippen molar-refractivity contribution in [3.8, 4) is 0 Å². The lowest BCUT2D eigenvalue weighted by atomic mass is 9.98. The van der Waals surface area contributed by atoms with Crippen LogP contribution >= 0.6 is 0 Å². The number of hydrogen-bond donors (Lipinski definition) is 7. The van der Waals surface area contributed by atoms with Crippen LogP contribution in [0.3, 0.4) is 0 Å². The monoisotopic (exact) mass is 446 g/mol. The number of esters is 1. The highest BCUT2D eigenvalue weighted by molar-refractivity contribution is 5.89. The second kappa shape index (κ2) is 10.3. The lowest BCUT2D eigenvalue weighted by molar-refractivity contribution is -0.325. The molecule has 0 amide bonds. The van der Waals surface area contributed by atoms with E-state index < -0.39 is 80.6 Å². The Labute approximate surface area is 176 Å². The normalized spacial score (nSPS) is 41.0. The van der Waals surface area contributed by atoms with Crippen LogP contribution in [0.4, 0.5) is 0 Å². The molecule has 0 bridgehead atoms. The van der Waals surface area contributed by atoms with Crippen LogP contribution in [0.5, 0.6) is 0 Å². The van der Waals surface area contributed by atoms with Gasteiger partial charge in [0.05, 0.1) is 18.8 Å². The molecule has 10 unspecified atom stereocenters. The van der Waals surface area contributed by atoms with E-state index in [2.05, 4.69) is 0 Å². The molecule has 2 aliphatic heterocycles. The maximum atomic E-state index is 12.2. The van der Waals surface area contributed by atoms with Crippen molar-refractivity contribution in [2.45, 2.75) is 61.4 Å². The standard InChI is InChI=1S/C19H26O12/c20-6-9-11(21)13(23)15(25)18(29-9)28-7-10-12(22)14(24)16(26)19(30-10)31-17(27)8-4-2-1-3-5-8/h1-5,9-16,18-26H,6-7H2. The van der Waals surface area contributed by atoms with Crippen LogP contribution in [-0.2, 0) is 18.9 Å². The number of carbonyl (C=O) groups is 1. The van der Waals surface area contributed by atoms with E-state index in [9.17, 15) is 40.5 Å². The van der Waals surface area contributed by atoms with Crippen LogP contribution in [0.2, 0.25) is 0 Å². The third-order valence-electron chi connectivity index (χ3n) is 5.17. The van der Waals surface area contributed by atoms with Crippen LogP contribution in [0.1, 0.15) is 10.4 Å². The van der Waals surface area contributed by atoms with Crippen molar-refractivity contribution >= 4 is 5.97 Å². The molecule has 0 aromatic heterocycles. The lowest BCUT2D eigenvalue weighted by Gasteiger charge is -2.42. The van der Waals surface area contributed by atoms with Gasteiger partial charge in [0.25, 0.3) is 0 Å². The summed E-state index contributed by atoms with van der Waals surface area (Å²) in [5.41, 5.74) is 0.174. The van der Waals surface area contributed by atoms with Gasteiger partial charge in [0.2, 0.25) is 6.29 Å². The SMILES string of the molecule is O=C(OC1OC(COC2OC(CO)C(O)C(O)C2O)C(O)C(O)C1O)c1ccccc1. The first kappa shape index (κ1) is 23.9. The van der Waals surface area contributed by atoms with Gasteiger partial charge in [-0.3, -0.25) is 0 Å². The number of benzene rings is 1. The van der Waals surface area contributed by atoms with Crippen molar-refractivity contribution in [2.24, 2.45) is 0 Å². The third-order valence-corrected chi connectivity index (χ3v) is 5.17. The van der Waals surface area contributed by atoms with E-state index in [1.54, 1.807) is 18.2 Å². The summed E-state index contributed by atoms with van der Waals surface area (Å²) in [5.74, 6) is -0.832. The van der Waals surface area contributed by atoms with Crippen molar-refractivity contribution in [3.63, 3.8) is 0 Å². The molecule has 1 aromatic carbocycles. The predicted octanol–water partition coefficient (Wildman–Crippen LogP) is -3.53. The Morgan fingerprint density at radius 3 is 1.94 bits per heavy atom. The van der Waals surface area contributed by atoms with Gasteiger partial charge in [-0.05, 0) is 12.1 Å². The molecule has 0 aliphatic carbocycles. The van der Waals surface area contributed by atoms with E-state index in [4.69, 9.17) is 18.9 Å². The summed E-state index contributed by atoms with van der Waals surface area (Å²) in [6.07, 6.45) is -15.7. The van der Waals surface area contributed by atoms with Gasteiger partial charge in [-0.25, -0.2) is 4.79 Å². The first-order valence-corrected chi connectivity index (χ1v) is 9.62. The van der Waals surface area contributed by atoms with Crippen molar-refractivity contribution < 1.29 is 59.5 Å². The number of ether oxygens (including phenoxy) is 4. The Balaban J connectivity index is 1.63. The zero-order valence-corrected chi connectivity index (χ0v) is 16.2. The maximum Gasteiger partial charge on any atom is 0.340 e. The van der Waals surface area contributed by atoms with Gasteiger partial charge in [0, 0.05) is 0 Å². The highest BCUT2D eigenvalue weighted by Gasteiger charge is 2.48. The van der Waals surface area contributed by atoms with E-state index in [1.807, 2.05) is 0 Å². The van der Waals surface area contributed by atoms with Gasteiger partial charge < -0.3 is 54.7 Å². The molecule has 3 rings (SSSR count). The molecular weight excluding hydrogens is 420 g/mol. The molecule has 0 saturated carbocycles. The van der Waals surface area contributed by atoms with Gasteiger partial charge in [0.15, 0.2) is 6.29 Å². The molecule has 12 heteroatoms. The smallest absolute Gasteiger partial charge is 0.340 e. The highest BCUT2D eigenvalue weighted by Crippen LogP contribution is 2.26. The van der Waals surface area contributed by atoms with Gasteiger partial charge in [-0.2, -0.15) is 0 Å². The number of aliphatic hydroxyl groups excluding tert-OH is 7. The van der Waals surface area contributed by atoms with Gasteiger partial charge in [0.1, 0.15) is 48.8 Å². The lowest BCUT2D eigenvalue weighted by Crippen LogP contribution is -2.61. The molecule has 2 saturated heterocycles. The average Bonchev–Trinajstić information content (AvgIpc) is 2.78. The third kappa shape index (κ3) is 5.21. The van der Waals surface area contributed by atoms with Crippen molar-refractivity contribution in [1.82, 2.24) is 0 Å². The Morgan fingerprint density at radius 1 is 0.774 bits per heavy atom. The quantitative estimate of drug-likeness (QED) is 0.213. The second-order valence-electron chi connectivity index (χ2n) is 7.32. The molecule has 31 heavy (non-hydrogen) atoms. The van der Waals surface area contributed by atoms with Crippen molar-refractivity contribution in [3.05, 3.63) is 35.9 Å². The molecule has 12 nitrogen and oxygen atoms in total. The highest BCUT2D eigenvalue weighted by atomic mass is 16.7. The summed E-state index contributed by atoms with van der Waals surface area (Å²) < 4.78 is 21.0. The van der Waals surface area contributed by atoms with Gasteiger partial charge in [-0.1, -0.05) is 18.2 Å². The van der Waals surface area contributed by atoms with Crippen LogP contribution < -0.4 is 0 Å². The molecule has 174 valence electrons. The average molecular weight is 446 g/mol. The van der Waals surface area contributed by atoms with E-state index in [1.165, 1.54) is 12.1 Å². The summed E-state index contributed by atoms with van der Waals surface area (Å²) >= 11 is 0. The van der Waals surface area contributed by atoms with Gasteiger partial charge >= 0.3 is 5.97 Å². The Morgan fingerprint density at radius 2 is 1.32 bits per heavy atom. The number of hydrogen-bond acceptors (Lipinski definition) is 12. The topological polar surface area (TPSA) is 196 Å². The molecule has 1 aromatic rings. The second-order valence-corrected chi connectivity index (χ2v) is 7.32. The predicted molar refractivity (Wildman–Crippen MR) is 98.3 cm³/mol. The summed E-state index contributed by atoms with van der Waals surface area (Å²) in [6.45, 7) is -1.18. The summed E-state index contributed by atoms with van der Waals surface area (Å²) in [5, 5.41) is 69.2. The Hall–Kier alpha value is -1.71. The molecule has 2 fully saturated rings. The van der Waals surface area contributed by atoms with Crippen LogP contribution in [0.15, 0.2) is 30.3 Å². The molecule has 0 spiro atoms. The molecule has 7 N–H and O–H groups in total. The van der Waals surface area contributed by atoms with E-state index in [0.29, 0.717) is 0 Å². The zero-order valence-electron chi connectivity index (χ0n) is 16.2. The maximum absolute atomic E-state index is 12.2.